The third kappa shape index (κ3) is 2.53. The smallest absolute Gasteiger partial charge is 0.254 e. The van der Waals surface area contributed by atoms with Gasteiger partial charge in [-0.05, 0) is 57.7 Å². The molecule has 104 valence electrons. The fraction of sp³-hybridized carbons (Fsp3) is 0.533. The van der Waals surface area contributed by atoms with Gasteiger partial charge in [0.15, 0.2) is 0 Å². The standard InChI is InChI=1S/C15H23N3O/c1-9-5-4-6-10(2)18(9)15(19)12-7-13(16)11(3)14(17)8-12/h7-10H,4-6,16-17H2,1-3H3/t9-,10-/m0/s1. The van der Waals surface area contributed by atoms with Gasteiger partial charge in [-0.15, -0.1) is 0 Å². The molecule has 0 aromatic heterocycles. The van der Waals surface area contributed by atoms with Crippen molar-refractivity contribution in [3.8, 4) is 0 Å². The number of nitrogens with two attached hydrogens (primary N) is 2. The predicted molar refractivity (Wildman–Crippen MR) is 78.9 cm³/mol. The Kier molecular flexibility index (Phi) is 3.69. The lowest BCUT2D eigenvalue weighted by Crippen LogP contribution is -2.47. The second kappa shape index (κ2) is 5.11. The molecule has 0 spiro atoms. The molecule has 0 bridgehead atoms. The van der Waals surface area contributed by atoms with Crippen LogP contribution in [0.3, 0.4) is 0 Å². The van der Waals surface area contributed by atoms with Crippen LogP contribution in [0.15, 0.2) is 12.1 Å². The summed E-state index contributed by atoms with van der Waals surface area (Å²) in [6, 6.07) is 4.03. The number of piperidine rings is 1. The molecule has 1 aromatic rings. The van der Waals surface area contributed by atoms with E-state index >= 15 is 0 Å². The molecule has 1 amide bonds. The first-order valence-corrected chi connectivity index (χ1v) is 6.90. The van der Waals surface area contributed by atoms with Crippen LogP contribution in [-0.4, -0.2) is 22.9 Å². The normalized spacial score (nSPS) is 23.4. The van der Waals surface area contributed by atoms with Crippen molar-refractivity contribution in [1.82, 2.24) is 4.90 Å². The number of rotatable bonds is 1. The number of carbonyl (C=O) groups excluding carboxylic acids is 1. The van der Waals surface area contributed by atoms with Crippen LogP contribution in [0.5, 0.6) is 0 Å². The SMILES string of the molecule is Cc1c(N)cc(C(=O)N2[C@@H](C)CCC[C@@H]2C)cc1N. The van der Waals surface area contributed by atoms with E-state index in [9.17, 15) is 4.79 Å². The number of hydrogen-bond acceptors (Lipinski definition) is 3. The highest BCUT2D eigenvalue weighted by Gasteiger charge is 2.29. The van der Waals surface area contributed by atoms with Crippen LogP contribution in [-0.2, 0) is 0 Å². The van der Waals surface area contributed by atoms with Gasteiger partial charge in [-0.3, -0.25) is 4.79 Å². The third-order valence-corrected chi connectivity index (χ3v) is 4.16. The van der Waals surface area contributed by atoms with Gasteiger partial charge in [-0.2, -0.15) is 0 Å². The van der Waals surface area contributed by atoms with Crippen molar-refractivity contribution in [1.29, 1.82) is 0 Å². The number of carbonyl (C=O) groups is 1. The van der Waals surface area contributed by atoms with E-state index in [-0.39, 0.29) is 18.0 Å². The molecule has 1 heterocycles. The summed E-state index contributed by atoms with van der Waals surface area (Å²) in [6.45, 7) is 6.08. The Hall–Kier alpha value is -1.71. The Balaban J connectivity index is 2.33. The van der Waals surface area contributed by atoms with Gasteiger partial charge >= 0.3 is 0 Å². The first-order chi connectivity index (χ1) is 8.91. The van der Waals surface area contributed by atoms with E-state index in [1.807, 2.05) is 11.8 Å². The molecule has 2 atom stereocenters. The first-order valence-electron chi connectivity index (χ1n) is 6.90. The molecule has 19 heavy (non-hydrogen) atoms. The minimum Gasteiger partial charge on any atom is -0.398 e. The van der Waals surface area contributed by atoms with Crippen LogP contribution in [0.1, 0.15) is 49.0 Å². The number of likely N-dealkylation sites (tertiary alicyclic amines) is 1. The van der Waals surface area contributed by atoms with E-state index in [0.717, 1.165) is 18.4 Å². The summed E-state index contributed by atoms with van der Waals surface area (Å²) in [5.41, 5.74) is 14.4. The van der Waals surface area contributed by atoms with E-state index in [2.05, 4.69) is 13.8 Å². The minimum absolute atomic E-state index is 0.0399. The molecule has 4 heteroatoms. The first kappa shape index (κ1) is 13.7. The highest BCUT2D eigenvalue weighted by Crippen LogP contribution is 2.27. The van der Waals surface area contributed by atoms with Crippen molar-refractivity contribution in [3.63, 3.8) is 0 Å². The lowest BCUT2D eigenvalue weighted by molar-refractivity contribution is 0.0511. The quantitative estimate of drug-likeness (QED) is 0.763. The topological polar surface area (TPSA) is 72.4 Å². The molecule has 4 N–H and O–H groups in total. The molecule has 4 nitrogen and oxygen atoms in total. The summed E-state index contributed by atoms with van der Waals surface area (Å²) in [7, 11) is 0. The summed E-state index contributed by atoms with van der Waals surface area (Å²) in [6.07, 6.45) is 3.31. The minimum atomic E-state index is 0.0399. The number of amides is 1. The van der Waals surface area contributed by atoms with Crippen LogP contribution < -0.4 is 11.5 Å². The molecule has 1 aliphatic heterocycles. The van der Waals surface area contributed by atoms with E-state index in [1.165, 1.54) is 6.42 Å². The average molecular weight is 261 g/mol. The van der Waals surface area contributed by atoms with Crippen LogP contribution in [0.2, 0.25) is 0 Å². The molecule has 1 saturated heterocycles. The Morgan fingerprint density at radius 3 is 2.11 bits per heavy atom. The second-order valence-corrected chi connectivity index (χ2v) is 5.62. The monoisotopic (exact) mass is 261 g/mol. The van der Waals surface area contributed by atoms with Crippen molar-refractivity contribution >= 4 is 17.3 Å². The fourth-order valence-corrected chi connectivity index (χ4v) is 2.85. The second-order valence-electron chi connectivity index (χ2n) is 5.62. The van der Waals surface area contributed by atoms with E-state index in [1.54, 1.807) is 12.1 Å². The Morgan fingerprint density at radius 2 is 1.63 bits per heavy atom. The molecule has 1 aromatic carbocycles. The largest absolute Gasteiger partial charge is 0.398 e. The molecule has 0 radical (unpaired) electrons. The predicted octanol–water partition coefficient (Wildman–Crippen LogP) is 2.56. The lowest BCUT2D eigenvalue weighted by Gasteiger charge is -2.39. The number of nitrogen functional groups attached to an aromatic ring is 2. The van der Waals surface area contributed by atoms with Crippen LogP contribution >= 0.6 is 0 Å². The molecular weight excluding hydrogens is 238 g/mol. The summed E-state index contributed by atoms with van der Waals surface area (Å²) in [4.78, 5) is 14.6. The van der Waals surface area contributed by atoms with Crippen LogP contribution in [0.25, 0.3) is 0 Å². The van der Waals surface area contributed by atoms with Gasteiger partial charge < -0.3 is 16.4 Å². The van der Waals surface area contributed by atoms with Gasteiger partial charge in [-0.25, -0.2) is 0 Å². The number of benzene rings is 1. The maximum atomic E-state index is 12.7. The van der Waals surface area contributed by atoms with Crippen LogP contribution in [0, 0.1) is 6.92 Å². The summed E-state index contributed by atoms with van der Waals surface area (Å²) in [5, 5.41) is 0. The highest BCUT2D eigenvalue weighted by atomic mass is 16.2. The zero-order valence-corrected chi connectivity index (χ0v) is 11.9. The van der Waals surface area contributed by atoms with Gasteiger partial charge in [0.25, 0.3) is 5.91 Å². The van der Waals surface area contributed by atoms with Crippen LogP contribution in [0.4, 0.5) is 11.4 Å². The zero-order chi connectivity index (χ0) is 14.2. The highest BCUT2D eigenvalue weighted by molar-refractivity contribution is 5.97. The Morgan fingerprint density at radius 1 is 1.16 bits per heavy atom. The molecular formula is C15H23N3O. The van der Waals surface area contributed by atoms with Gasteiger partial charge in [0.1, 0.15) is 0 Å². The van der Waals surface area contributed by atoms with Crippen molar-refractivity contribution in [3.05, 3.63) is 23.3 Å². The number of nitrogens with zero attached hydrogens (tertiary/aromatic N) is 1. The maximum Gasteiger partial charge on any atom is 0.254 e. The lowest BCUT2D eigenvalue weighted by atomic mass is 9.96. The Bertz CT molecular complexity index is 465. The summed E-state index contributed by atoms with van der Waals surface area (Å²) >= 11 is 0. The molecule has 1 fully saturated rings. The van der Waals surface area contributed by atoms with Crippen molar-refractivity contribution in [2.24, 2.45) is 0 Å². The molecule has 1 aliphatic rings. The Labute approximate surface area is 114 Å². The average Bonchev–Trinajstić information content (AvgIpc) is 2.35. The van der Waals surface area contributed by atoms with E-state index in [0.29, 0.717) is 16.9 Å². The van der Waals surface area contributed by atoms with Gasteiger partial charge in [-0.1, -0.05) is 0 Å². The number of hydrogen-bond donors (Lipinski definition) is 2. The maximum absolute atomic E-state index is 12.7. The summed E-state index contributed by atoms with van der Waals surface area (Å²) in [5.74, 6) is 0.0399. The molecule has 2 rings (SSSR count). The summed E-state index contributed by atoms with van der Waals surface area (Å²) < 4.78 is 0. The third-order valence-electron chi connectivity index (χ3n) is 4.16. The van der Waals surface area contributed by atoms with Crippen molar-refractivity contribution in [2.75, 3.05) is 11.5 Å². The molecule has 0 aliphatic carbocycles. The van der Waals surface area contributed by atoms with Crippen molar-refractivity contribution in [2.45, 2.75) is 52.1 Å². The number of anilines is 2. The van der Waals surface area contributed by atoms with Gasteiger partial charge in [0.05, 0.1) is 0 Å². The van der Waals surface area contributed by atoms with E-state index < -0.39 is 0 Å². The zero-order valence-electron chi connectivity index (χ0n) is 11.9. The molecule has 0 saturated carbocycles. The van der Waals surface area contributed by atoms with Gasteiger partial charge in [0, 0.05) is 29.0 Å². The fourth-order valence-electron chi connectivity index (χ4n) is 2.85. The van der Waals surface area contributed by atoms with E-state index in [4.69, 9.17) is 11.5 Å². The van der Waals surface area contributed by atoms with Crippen molar-refractivity contribution < 1.29 is 4.79 Å². The van der Waals surface area contributed by atoms with Gasteiger partial charge in [0.2, 0.25) is 0 Å². The molecule has 0 unspecified atom stereocenters.